The van der Waals surface area contributed by atoms with Gasteiger partial charge in [-0.3, -0.25) is 9.52 Å². The Kier molecular flexibility index (Phi) is 5.84. The number of fused-ring (bicyclic) bond motifs is 2. The van der Waals surface area contributed by atoms with Crippen molar-refractivity contribution in [3.63, 3.8) is 0 Å². The van der Waals surface area contributed by atoms with Gasteiger partial charge in [0.15, 0.2) is 5.75 Å². The lowest BCUT2D eigenvalue weighted by molar-refractivity contribution is -0.123. The van der Waals surface area contributed by atoms with Crippen molar-refractivity contribution in [3.05, 3.63) is 42.0 Å². The van der Waals surface area contributed by atoms with Crippen LogP contribution in [0, 0.1) is 0 Å². The lowest BCUT2D eigenvalue weighted by Gasteiger charge is -2.36. The van der Waals surface area contributed by atoms with E-state index in [0.29, 0.717) is 37.2 Å². The van der Waals surface area contributed by atoms with Crippen LogP contribution in [0.1, 0.15) is 24.8 Å². The number of rotatable bonds is 5. The molecule has 2 aliphatic heterocycles. The summed E-state index contributed by atoms with van der Waals surface area (Å²) in [7, 11) is -0.635. The zero-order valence-electron chi connectivity index (χ0n) is 19.7. The number of likely N-dealkylation sites (N-methyl/N-ethyl adjacent to an activating group) is 1. The molecule has 11 heteroatoms. The molecule has 1 saturated heterocycles. The smallest absolute Gasteiger partial charge is 0.415 e. The van der Waals surface area contributed by atoms with Crippen LogP contribution in [0.4, 0.5) is 16.2 Å². The number of carbonyl (C=O) groups excluding carboxylic acids is 2. The average Bonchev–Trinajstić information content (AvgIpc) is 3.11. The fraction of sp³-hybridized carbons (Fsp3) is 0.417. The van der Waals surface area contributed by atoms with Crippen LogP contribution in [0.2, 0.25) is 0 Å². The molecule has 2 fully saturated rings. The van der Waals surface area contributed by atoms with Gasteiger partial charge in [-0.15, -0.1) is 0 Å². The topological polar surface area (TPSA) is 117 Å². The number of piperazine rings is 1. The number of benzene rings is 2. The number of hydrogen-bond acceptors (Lipinski definition) is 7. The summed E-state index contributed by atoms with van der Waals surface area (Å²) >= 11 is 0. The van der Waals surface area contributed by atoms with Gasteiger partial charge in [-0.05, 0) is 43.7 Å². The van der Waals surface area contributed by atoms with Crippen LogP contribution in [0.25, 0.3) is 0 Å². The van der Waals surface area contributed by atoms with Crippen LogP contribution >= 0.6 is 0 Å². The summed E-state index contributed by atoms with van der Waals surface area (Å²) in [5.41, 5.74) is 0.558. The summed E-state index contributed by atoms with van der Waals surface area (Å²) in [6, 6.07) is 9.40. The number of methoxy groups -OCH3 is 1. The Morgan fingerprint density at radius 1 is 1.09 bits per heavy atom. The Labute approximate surface area is 204 Å². The minimum Gasteiger partial charge on any atom is -0.495 e. The molecule has 2 amide bonds. The molecule has 10 nitrogen and oxygen atoms in total. The summed E-state index contributed by atoms with van der Waals surface area (Å²) in [6.07, 6.45) is 1.66. The second kappa shape index (κ2) is 8.72. The van der Waals surface area contributed by atoms with E-state index in [2.05, 4.69) is 14.9 Å². The van der Waals surface area contributed by atoms with Gasteiger partial charge in [0.05, 0.1) is 23.9 Å². The van der Waals surface area contributed by atoms with E-state index >= 15 is 0 Å². The van der Waals surface area contributed by atoms with Crippen LogP contribution in [-0.4, -0.2) is 70.6 Å². The number of nitrogens with zero attached hydrogens (tertiary/aromatic N) is 2. The van der Waals surface area contributed by atoms with E-state index in [1.165, 1.54) is 19.2 Å². The molecule has 5 rings (SSSR count). The molecule has 1 saturated carbocycles. The van der Waals surface area contributed by atoms with E-state index in [4.69, 9.17) is 9.47 Å². The molecule has 0 radical (unpaired) electrons. The minimum atomic E-state index is -4.02. The van der Waals surface area contributed by atoms with Crippen molar-refractivity contribution in [1.29, 1.82) is 0 Å². The third kappa shape index (κ3) is 4.08. The van der Waals surface area contributed by atoms with E-state index in [-0.39, 0.29) is 28.0 Å². The number of nitrogens with one attached hydrogen (secondary N) is 2. The molecular weight excluding hydrogens is 472 g/mol. The standard InChI is InChI=1S/C24H28N4O6S/c1-27-10-12-28(13-11-27)23(30)34-19-15-16(14-17-21(19)25-22(29)24(17)8-5-9-24)26-35(31,32)20-7-4-3-6-18(20)33-2/h3-4,6-7,14-15,26H,5,8-13H2,1-2H3,(H,25,29). The molecule has 0 unspecified atom stereocenters. The van der Waals surface area contributed by atoms with Gasteiger partial charge in [0.25, 0.3) is 10.0 Å². The van der Waals surface area contributed by atoms with Crippen LogP contribution in [0.15, 0.2) is 41.3 Å². The summed E-state index contributed by atoms with van der Waals surface area (Å²) in [5.74, 6) is 0.178. The van der Waals surface area contributed by atoms with E-state index < -0.39 is 21.5 Å². The Balaban J connectivity index is 1.51. The maximum absolute atomic E-state index is 13.2. The first-order valence-corrected chi connectivity index (χ1v) is 13.0. The quantitative estimate of drug-likeness (QED) is 0.648. The van der Waals surface area contributed by atoms with Crippen LogP contribution in [0.3, 0.4) is 0 Å². The molecule has 186 valence electrons. The molecule has 2 aromatic carbocycles. The van der Waals surface area contributed by atoms with Gasteiger partial charge >= 0.3 is 6.09 Å². The average molecular weight is 501 g/mol. The zero-order valence-corrected chi connectivity index (χ0v) is 20.5. The maximum Gasteiger partial charge on any atom is 0.415 e. The summed E-state index contributed by atoms with van der Waals surface area (Å²) in [6.45, 7) is 2.50. The predicted molar refractivity (Wildman–Crippen MR) is 129 cm³/mol. The summed E-state index contributed by atoms with van der Waals surface area (Å²) in [4.78, 5) is 29.5. The molecule has 0 bridgehead atoms. The van der Waals surface area contributed by atoms with Crippen LogP contribution < -0.4 is 19.5 Å². The highest BCUT2D eigenvalue weighted by Gasteiger charge is 2.52. The number of hydrogen-bond donors (Lipinski definition) is 2. The highest BCUT2D eigenvalue weighted by atomic mass is 32.2. The van der Waals surface area contributed by atoms with E-state index in [9.17, 15) is 18.0 Å². The number of amides is 2. The molecular formula is C24H28N4O6S. The van der Waals surface area contributed by atoms with Crippen molar-refractivity contribution < 1.29 is 27.5 Å². The highest BCUT2D eigenvalue weighted by Crippen LogP contribution is 2.54. The minimum absolute atomic E-state index is 0.0217. The van der Waals surface area contributed by atoms with E-state index in [1.807, 2.05) is 7.05 Å². The Morgan fingerprint density at radius 3 is 2.46 bits per heavy atom. The number of sulfonamides is 1. The van der Waals surface area contributed by atoms with Crippen molar-refractivity contribution >= 4 is 33.4 Å². The van der Waals surface area contributed by atoms with Gasteiger partial charge in [0, 0.05) is 32.2 Å². The van der Waals surface area contributed by atoms with Crippen molar-refractivity contribution in [2.24, 2.45) is 0 Å². The van der Waals surface area contributed by atoms with E-state index in [1.54, 1.807) is 29.2 Å². The van der Waals surface area contributed by atoms with Gasteiger partial charge in [-0.25, -0.2) is 13.2 Å². The summed E-state index contributed by atoms with van der Waals surface area (Å²) in [5, 5.41) is 2.87. The van der Waals surface area contributed by atoms with Gasteiger partial charge in [-0.2, -0.15) is 0 Å². The van der Waals surface area contributed by atoms with Gasteiger partial charge in [0.1, 0.15) is 10.6 Å². The largest absolute Gasteiger partial charge is 0.495 e. The van der Waals surface area contributed by atoms with Gasteiger partial charge in [-0.1, -0.05) is 18.6 Å². The lowest BCUT2D eigenvalue weighted by Crippen LogP contribution is -2.48. The Bertz CT molecular complexity index is 1280. The second-order valence-corrected chi connectivity index (χ2v) is 10.9. The molecule has 35 heavy (non-hydrogen) atoms. The first-order valence-electron chi connectivity index (χ1n) is 11.5. The first-order chi connectivity index (χ1) is 16.7. The fourth-order valence-electron chi connectivity index (χ4n) is 4.84. The fourth-order valence-corrected chi connectivity index (χ4v) is 6.05. The predicted octanol–water partition coefficient (Wildman–Crippen LogP) is 2.62. The second-order valence-electron chi connectivity index (χ2n) is 9.20. The van der Waals surface area contributed by atoms with Crippen molar-refractivity contribution in [2.75, 3.05) is 50.4 Å². The number of carbonyl (C=O) groups is 2. The van der Waals surface area contributed by atoms with Crippen molar-refractivity contribution in [1.82, 2.24) is 9.80 Å². The monoisotopic (exact) mass is 500 g/mol. The lowest BCUT2D eigenvalue weighted by atomic mass is 9.65. The molecule has 2 aromatic rings. The number of ether oxygens (including phenoxy) is 2. The molecule has 1 spiro atoms. The normalized spacial score (nSPS) is 19.0. The first kappa shape index (κ1) is 23.4. The van der Waals surface area contributed by atoms with Crippen LogP contribution in [-0.2, 0) is 20.2 Å². The van der Waals surface area contributed by atoms with Gasteiger partial charge < -0.3 is 24.6 Å². The summed E-state index contributed by atoms with van der Waals surface area (Å²) < 4.78 is 40.0. The molecule has 0 atom stereocenters. The molecule has 0 aromatic heterocycles. The Hall–Kier alpha value is -3.31. The molecule has 1 aliphatic carbocycles. The van der Waals surface area contributed by atoms with Gasteiger partial charge in [0.2, 0.25) is 5.91 Å². The SMILES string of the molecule is COc1ccccc1S(=O)(=O)Nc1cc(OC(=O)N2CCN(C)CC2)c2c(c1)C1(CCC1)C(=O)N2. The van der Waals surface area contributed by atoms with Crippen molar-refractivity contribution in [2.45, 2.75) is 29.6 Å². The molecule has 2 N–H and O–H groups in total. The Morgan fingerprint density at radius 2 is 1.80 bits per heavy atom. The van der Waals surface area contributed by atoms with E-state index in [0.717, 1.165) is 19.5 Å². The number of anilines is 2. The third-order valence-corrected chi connectivity index (χ3v) is 8.49. The van der Waals surface area contributed by atoms with Crippen molar-refractivity contribution in [3.8, 4) is 11.5 Å². The highest BCUT2D eigenvalue weighted by molar-refractivity contribution is 7.92. The maximum atomic E-state index is 13.2. The number of para-hydroxylation sites is 1. The zero-order chi connectivity index (χ0) is 24.8. The third-order valence-electron chi connectivity index (χ3n) is 7.07. The molecule has 2 heterocycles. The van der Waals surface area contributed by atoms with Crippen LogP contribution in [0.5, 0.6) is 11.5 Å². The molecule has 3 aliphatic rings.